The third-order valence-corrected chi connectivity index (χ3v) is 5.98. The molecule has 2 aromatic rings. The summed E-state index contributed by atoms with van der Waals surface area (Å²) in [4.78, 5) is 15.0. The third kappa shape index (κ3) is 3.17. The first-order valence-corrected chi connectivity index (χ1v) is 9.26. The number of aromatic nitrogens is 1. The van der Waals surface area contributed by atoms with Crippen LogP contribution in [0.4, 0.5) is 11.4 Å². The van der Waals surface area contributed by atoms with Crippen LogP contribution in [0, 0.1) is 17.0 Å². The van der Waals surface area contributed by atoms with E-state index in [1.54, 1.807) is 19.1 Å². The zero-order valence-electron chi connectivity index (χ0n) is 13.2. The number of pyridine rings is 1. The van der Waals surface area contributed by atoms with Gasteiger partial charge in [-0.05, 0) is 19.4 Å². The molecule has 128 valence electrons. The van der Waals surface area contributed by atoms with Crippen molar-refractivity contribution in [2.75, 3.05) is 30.7 Å². The van der Waals surface area contributed by atoms with E-state index < -0.39 is 14.9 Å². The second kappa shape index (κ2) is 6.33. The van der Waals surface area contributed by atoms with Crippen molar-refractivity contribution >= 4 is 32.3 Å². The summed E-state index contributed by atoms with van der Waals surface area (Å²) in [7, 11) is -3.12. The summed E-state index contributed by atoms with van der Waals surface area (Å²) in [5.41, 5.74) is 1.67. The fraction of sp³-hybridized carbons (Fsp3) is 0.400. The maximum atomic E-state index is 11.8. The van der Waals surface area contributed by atoms with Crippen molar-refractivity contribution in [3.8, 4) is 0 Å². The molecule has 1 aliphatic rings. The first-order valence-electron chi connectivity index (χ1n) is 7.65. The quantitative estimate of drug-likeness (QED) is 0.652. The van der Waals surface area contributed by atoms with Gasteiger partial charge in [0.15, 0.2) is 5.52 Å². The molecular weight excluding hydrogens is 332 g/mol. The number of aryl methyl sites for hydroxylation is 1. The Kier molecular flexibility index (Phi) is 4.37. The molecule has 0 amide bonds. The molecule has 8 nitrogen and oxygen atoms in total. The van der Waals surface area contributed by atoms with E-state index in [0.717, 1.165) is 5.69 Å². The van der Waals surface area contributed by atoms with E-state index >= 15 is 0 Å². The minimum atomic E-state index is -3.12. The lowest BCUT2D eigenvalue weighted by Crippen LogP contribution is -2.30. The molecule has 0 spiro atoms. The van der Waals surface area contributed by atoms with Gasteiger partial charge in [-0.1, -0.05) is 12.1 Å². The van der Waals surface area contributed by atoms with E-state index in [1.165, 1.54) is 10.4 Å². The fourth-order valence-electron chi connectivity index (χ4n) is 2.91. The molecule has 0 saturated carbocycles. The van der Waals surface area contributed by atoms with Crippen LogP contribution in [-0.2, 0) is 10.0 Å². The fourth-order valence-corrected chi connectivity index (χ4v) is 4.44. The van der Waals surface area contributed by atoms with E-state index in [4.69, 9.17) is 0 Å². The van der Waals surface area contributed by atoms with Gasteiger partial charge in [0.1, 0.15) is 0 Å². The Labute approximate surface area is 139 Å². The van der Waals surface area contributed by atoms with Crippen LogP contribution in [0.25, 0.3) is 10.9 Å². The van der Waals surface area contributed by atoms with Gasteiger partial charge in [0.2, 0.25) is 10.0 Å². The van der Waals surface area contributed by atoms with Crippen molar-refractivity contribution in [2.45, 2.75) is 13.3 Å². The van der Waals surface area contributed by atoms with E-state index in [9.17, 15) is 18.5 Å². The Morgan fingerprint density at radius 3 is 2.88 bits per heavy atom. The number of para-hydroxylation sites is 1. The number of nitro benzene ring substituents is 1. The lowest BCUT2D eigenvalue weighted by atomic mass is 10.1. The van der Waals surface area contributed by atoms with Crippen LogP contribution in [0.3, 0.4) is 0 Å². The minimum Gasteiger partial charge on any atom is -0.383 e. The highest BCUT2D eigenvalue weighted by Gasteiger charge is 2.27. The summed E-state index contributed by atoms with van der Waals surface area (Å²) in [6.07, 6.45) is 0.659. The van der Waals surface area contributed by atoms with Crippen LogP contribution >= 0.6 is 0 Å². The summed E-state index contributed by atoms with van der Waals surface area (Å²) in [6.45, 7) is 3.12. The van der Waals surface area contributed by atoms with Gasteiger partial charge < -0.3 is 5.32 Å². The first kappa shape index (κ1) is 16.6. The highest BCUT2D eigenvalue weighted by atomic mass is 32.2. The van der Waals surface area contributed by atoms with Crippen molar-refractivity contribution < 1.29 is 13.3 Å². The Morgan fingerprint density at radius 2 is 2.21 bits per heavy atom. The van der Waals surface area contributed by atoms with E-state index in [2.05, 4.69) is 10.3 Å². The van der Waals surface area contributed by atoms with E-state index in [-0.39, 0.29) is 11.4 Å². The molecule has 1 aromatic carbocycles. The smallest absolute Gasteiger partial charge is 0.295 e. The Balaban J connectivity index is 1.84. The predicted molar refractivity (Wildman–Crippen MR) is 91.6 cm³/mol. The molecule has 2 heterocycles. The topological polar surface area (TPSA) is 105 Å². The van der Waals surface area contributed by atoms with Gasteiger partial charge in [0.25, 0.3) is 5.69 Å². The molecule has 3 rings (SSSR count). The van der Waals surface area contributed by atoms with Crippen LogP contribution in [0.5, 0.6) is 0 Å². The second-order valence-corrected chi connectivity index (χ2v) is 7.83. The molecule has 0 bridgehead atoms. The lowest BCUT2D eigenvalue weighted by molar-refractivity contribution is -0.383. The largest absolute Gasteiger partial charge is 0.383 e. The van der Waals surface area contributed by atoms with Gasteiger partial charge in [-0.3, -0.25) is 10.1 Å². The van der Waals surface area contributed by atoms with Crippen LogP contribution in [0.2, 0.25) is 0 Å². The molecule has 0 radical (unpaired) electrons. The Bertz CT molecular complexity index is 898. The maximum absolute atomic E-state index is 11.8. The first-order chi connectivity index (χ1) is 11.4. The van der Waals surface area contributed by atoms with Crippen LogP contribution in [-0.4, -0.2) is 48.0 Å². The summed E-state index contributed by atoms with van der Waals surface area (Å²) in [5.74, 6) is 0.205. The number of fused-ring (bicyclic) bond motifs is 1. The van der Waals surface area contributed by atoms with Gasteiger partial charge >= 0.3 is 0 Å². The van der Waals surface area contributed by atoms with Crippen molar-refractivity contribution in [3.05, 3.63) is 40.1 Å². The van der Waals surface area contributed by atoms with Gasteiger partial charge in [-0.2, -0.15) is 0 Å². The van der Waals surface area contributed by atoms with Crippen molar-refractivity contribution in [3.63, 3.8) is 0 Å². The van der Waals surface area contributed by atoms with Gasteiger partial charge in [0, 0.05) is 42.5 Å². The van der Waals surface area contributed by atoms with Crippen LogP contribution < -0.4 is 5.32 Å². The number of nitrogens with zero attached hydrogens (tertiary/aromatic N) is 3. The number of hydrogen-bond acceptors (Lipinski definition) is 6. The molecule has 24 heavy (non-hydrogen) atoms. The zero-order valence-corrected chi connectivity index (χ0v) is 14.0. The van der Waals surface area contributed by atoms with Crippen LogP contribution in [0.1, 0.15) is 12.1 Å². The van der Waals surface area contributed by atoms with Crippen molar-refractivity contribution in [1.82, 2.24) is 9.29 Å². The third-order valence-electron chi connectivity index (χ3n) is 4.02. The summed E-state index contributed by atoms with van der Waals surface area (Å²) in [5, 5.41) is 15.0. The number of sulfonamides is 1. The number of nitrogens with one attached hydrogen (secondary N) is 1. The normalized spacial score (nSPS) is 17.2. The molecule has 0 unspecified atom stereocenters. The summed E-state index contributed by atoms with van der Waals surface area (Å²) < 4.78 is 25.1. The summed E-state index contributed by atoms with van der Waals surface area (Å²) in [6, 6.07) is 6.62. The van der Waals surface area contributed by atoms with E-state index in [0.29, 0.717) is 42.7 Å². The molecule has 1 N–H and O–H groups in total. The zero-order chi connectivity index (χ0) is 17.3. The molecular formula is C15H18N4O4S. The van der Waals surface area contributed by atoms with Crippen molar-refractivity contribution in [2.24, 2.45) is 0 Å². The van der Waals surface area contributed by atoms with E-state index in [1.807, 2.05) is 6.07 Å². The highest BCUT2D eigenvalue weighted by molar-refractivity contribution is 7.89. The SMILES string of the molecule is Cc1cc(NCCN2CCCS2(=O)=O)c2cccc([N+](=O)[O-])c2n1. The van der Waals surface area contributed by atoms with Crippen molar-refractivity contribution in [1.29, 1.82) is 0 Å². The highest BCUT2D eigenvalue weighted by Crippen LogP contribution is 2.29. The average Bonchev–Trinajstić information content (AvgIpc) is 2.85. The maximum Gasteiger partial charge on any atom is 0.295 e. The lowest BCUT2D eigenvalue weighted by Gasteiger charge is -2.16. The Hall–Kier alpha value is -2.26. The van der Waals surface area contributed by atoms with Crippen LogP contribution in [0.15, 0.2) is 24.3 Å². The number of anilines is 1. The monoisotopic (exact) mass is 350 g/mol. The average molecular weight is 350 g/mol. The standard InChI is InChI=1S/C15H18N4O4S/c1-11-10-13(16-6-8-18-7-3-9-24(18,22)23)12-4-2-5-14(19(20)21)15(12)17-11/h2,4-5,10H,3,6-9H2,1H3,(H,16,17). The van der Waals surface area contributed by atoms with Gasteiger partial charge in [-0.25, -0.2) is 17.7 Å². The molecule has 0 aliphatic carbocycles. The summed E-state index contributed by atoms with van der Waals surface area (Å²) >= 11 is 0. The molecule has 0 atom stereocenters. The number of non-ortho nitro benzene ring substituents is 1. The Morgan fingerprint density at radius 1 is 1.42 bits per heavy atom. The number of rotatable bonds is 5. The van der Waals surface area contributed by atoms with Gasteiger partial charge in [-0.15, -0.1) is 0 Å². The predicted octanol–water partition coefficient (Wildman–Crippen LogP) is 1.90. The molecule has 1 fully saturated rings. The number of benzene rings is 1. The van der Waals surface area contributed by atoms with Gasteiger partial charge in [0.05, 0.1) is 10.7 Å². The molecule has 9 heteroatoms. The molecule has 1 aromatic heterocycles. The molecule has 1 aliphatic heterocycles. The number of nitro groups is 1. The number of hydrogen-bond donors (Lipinski definition) is 1. The minimum absolute atomic E-state index is 0.0404. The molecule has 1 saturated heterocycles. The second-order valence-electron chi connectivity index (χ2n) is 5.74.